The van der Waals surface area contributed by atoms with Gasteiger partial charge in [-0.2, -0.15) is 13.2 Å². The highest BCUT2D eigenvalue weighted by molar-refractivity contribution is 6.33. The number of aromatic carboxylic acids is 1. The molecule has 0 heterocycles. The molecule has 0 radical (unpaired) electrons. The van der Waals surface area contributed by atoms with Crippen molar-refractivity contribution >= 4 is 23.3 Å². The highest BCUT2D eigenvalue weighted by Gasteiger charge is 2.26. The summed E-state index contributed by atoms with van der Waals surface area (Å²) in [4.78, 5) is 10.5. The van der Waals surface area contributed by atoms with Crippen molar-refractivity contribution in [2.45, 2.75) is 6.18 Å². The molecule has 1 aromatic carbocycles. The Labute approximate surface area is 93.8 Å². The van der Waals surface area contributed by atoms with Crippen molar-refractivity contribution in [3.05, 3.63) is 28.8 Å². The molecule has 2 N–H and O–H groups in total. The van der Waals surface area contributed by atoms with E-state index in [2.05, 4.69) is 5.32 Å². The summed E-state index contributed by atoms with van der Waals surface area (Å²) >= 11 is 5.61. The molecule has 1 rings (SSSR count). The van der Waals surface area contributed by atoms with Gasteiger partial charge < -0.3 is 10.4 Å². The number of hydrogen-bond acceptors (Lipinski definition) is 2. The number of anilines is 1. The van der Waals surface area contributed by atoms with Gasteiger partial charge in [0.1, 0.15) is 6.54 Å². The molecule has 0 amide bonds. The van der Waals surface area contributed by atoms with Gasteiger partial charge in [0.15, 0.2) is 0 Å². The highest BCUT2D eigenvalue weighted by atomic mass is 35.5. The number of halogens is 4. The molecule has 0 unspecified atom stereocenters. The molecule has 0 aliphatic carbocycles. The third-order valence-corrected chi connectivity index (χ3v) is 2.01. The van der Waals surface area contributed by atoms with Crippen LogP contribution in [0.3, 0.4) is 0 Å². The molecule has 0 aliphatic heterocycles. The largest absolute Gasteiger partial charge is 0.478 e. The first kappa shape index (κ1) is 12.6. The minimum Gasteiger partial charge on any atom is -0.478 e. The normalized spacial score (nSPS) is 11.2. The molecule has 0 spiro atoms. The Hall–Kier alpha value is -1.43. The van der Waals surface area contributed by atoms with Crippen molar-refractivity contribution in [3.8, 4) is 0 Å². The van der Waals surface area contributed by atoms with Crippen LogP contribution in [0.5, 0.6) is 0 Å². The Morgan fingerprint density at radius 1 is 1.44 bits per heavy atom. The quantitative estimate of drug-likeness (QED) is 0.871. The lowest BCUT2D eigenvalue weighted by Gasteiger charge is -2.11. The number of benzene rings is 1. The van der Waals surface area contributed by atoms with E-state index < -0.39 is 18.7 Å². The number of carbonyl (C=O) groups is 1. The smallest absolute Gasteiger partial charge is 0.405 e. The van der Waals surface area contributed by atoms with Crippen molar-refractivity contribution in [1.82, 2.24) is 0 Å². The zero-order valence-corrected chi connectivity index (χ0v) is 8.56. The Kier molecular flexibility index (Phi) is 3.64. The maximum Gasteiger partial charge on any atom is 0.405 e. The number of nitrogens with one attached hydrogen (secondary N) is 1. The summed E-state index contributed by atoms with van der Waals surface area (Å²) in [6, 6.07) is 3.45. The predicted molar refractivity (Wildman–Crippen MR) is 53.0 cm³/mol. The van der Waals surface area contributed by atoms with Crippen LogP contribution in [-0.2, 0) is 0 Å². The zero-order valence-electron chi connectivity index (χ0n) is 7.81. The maximum atomic E-state index is 11.9. The van der Waals surface area contributed by atoms with Crippen LogP contribution in [0.15, 0.2) is 18.2 Å². The van der Waals surface area contributed by atoms with Crippen molar-refractivity contribution in [3.63, 3.8) is 0 Å². The number of carboxylic acids is 1. The van der Waals surface area contributed by atoms with Gasteiger partial charge in [-0.1, -0.05) is 11.6 Å². The average molecular weight is 254 g/mol. The molecule has 1 aromatic rings. The number of hydrogen-bond donors (Lipinski definition) is 2. The van der Waals surface area contributed by atoms with Crippen molar-refractivity contribution < 1.29 is 23.1 Å². The van der Waals surface area contributed by atoms with Gasteiger partial charge in [-0.15, -0.1) is 0 Å². The Balaban J connectivity index is 2.80. The van der Waals surface area contributed by atoms with E-state index in [9.17, 15) is 18.0 Å². The first-order valence-corrected chi connectivity index (χ1v) is 4.51. The molecule has 0 atom stereocenters. The van der Waals surface area contributed by atoms with E-state index >= 15 is 0 Å². The van der Waals surface area contributed by atoms with Gasteiger partial charge in [-0.05, 0) is 18.2 Å². The van der Waals surface area contributed by atoms with Crippen LogP contribution in [0.4, 0.5) is 18.9 Å². The third-order valence-electron chi connectivity index (χ3n) is 1.70. The lowest BCUT2D eigenvalue weighted by atomic mass is 10.2. The van der Waals surface area contributed by atoms with E-state index in [4.69, 9.17) is 16.7 Å². The molecule has 0 fully saturated rings. The van der Waals surface area contributed by atoms with Gasteiger partial charge in [-0.25, -0.2) is 4.79 Å². The lowest BCUT2D eigenvalue weighted by Crippen LogP contribution is -2.21. The molecule has 0 aromatic heterocycles. The fourth-order valence-electron chi connectivity index (χ4n) is 0.987. The van der Waals surface area contributed by atoms with E-state index in [-0.39, 0.29) is 16.3 Å². The van der Waals surface area contributed by atoms with E-state index in [1.807, 2.05) is 0 Å². The second kappa shape index (κ2) is 4.61. The van der Waals surface area contributed by atoms with Crippen LogP contribution >= 0.6 is 11.6 Å². The average Bonchev–Trinajstić information content (AvgIpc) is 2.14. The second-order valence-electron chi connectivity index (χ2n) is 2.97. The minimum atomic E-state index is -4.35. The fourth-order valence-corrected chi connectivity index (χ4v) is 1.23. The van der Waals surface area contributed by atoms with Crippen LogP contribution in [0.2, 0.25) is 5.02 Å². The topological polar surface area (TPSA) is 49.3 Å². The van der Waals surface area contributed by atoms with Gasteiger partial charge in [0.05, 0.1) is 16.3 Å². The minimum absolute atomic E-state index is 0.0454. The molecule has 16 heavy (non-hydrogen) atoms. The number of carboxylic acid groups (broad SMARTS) is 1. The Morgan fingerprint density at radius 2 is 2.06 bits per heavy atom. The molecular formula is C9H7ClF3NO2. The summed E-state index contributed by atoms with van der Waals surface area (Å²) in [5.41, 5.74) is -0.0356. The van der Waals surface area contributed by atoms with Gasteiger partial charge in [0.2, 0.25) is 0 Å². The maximum absolute atomic E-state index is 11.9. The second-order valence-corrected chi connectivity index (χ2v) is 3.38. The van der Waals surface area contributed by atoms with Crippen molar-refractivity contribution in [2.24, 2.45) is 0 Å². The molecule has 3 nitrogen and oxygen atoms in total. The monoisotopic (exact) mass is 253 g/mol. The first-order chi connectivity index (χ1) is 7.29. The summed E-state index contributed by atoms with van der Waals surface area (Å²) in [6.07, 6.45) is -4.35. The predicted octanol–water partition coefficient (Wildman–Crippen LogP) is 3.01. The SMILES string of the molecule is O=C(O)c1ccc(NCC(F)(F)F)c(Cl)c1. The van der Waals surface area contributed by atoms with E-state index in [0.29, 0.717) is 0 Å². The highest BCUT2D eigenvalue weighted by Crippen LogP contribution is 2.24. The standard InChI is InChI=1S/C9H7ClF3NO2/c10-6-3-5(8(15)16)1-2-7(6)14-4-9(11,12)13/h1-3,14H,4H2,(H,15,16). The number of alkyl halides is 3. The van der Waals surface area contributed by atoms with Crippen LogP contribution in [0.1, 0.15) is 10.4 Å². The van der Waals surface area contributed by atoms with E-state index in [1.54, 1.807) is 0 Å². The van der Waals surface area contributed by atoms with Gasteiger partial charge in [-0.3, -0.25) is 0 Å². The van der Waals surface area contributed by atoms with E-state index in [0.717, 1.165) is 6.07 Å². The molecule has 0 saturated heterocycles. The summed E-state index contributed by atoms with van der Waals surface area (Å²) in [5, 5.41) is 10.6. The Morgan fingerprint density at radius 3 is 2.50 bits per heavy atom. The van der Waals surface area contributed by atoms with Crippen LogP contribution in [0.25, 0.3) is 0 Å². The van der Waals surface area contributed by atoms with Crippen molar-refractivity contribution in [2.75, 3.05) is 11.9 Å². The lowest BCUT2D eigenvalue weighted by molar-refractivity contribution is -0.115. The van der Waals surface area contributed by atoms with Gasteiger partial charge >= 0.3 is 12.1 Å². The molecule has 7 heteroatoms. The molecule has 0 saturated carbocycles. The summed E-state index contributed by atoms with van der Waals surface area (Å²) in [7, 11) is 0. The summed E-state index contributed by atoms with van der Waals surface area (Å²) in [5.74, 6) is -1.19. The first-order valence-electron chi connectivity index (χ1n) is 4.13. The van der Waals surface area contributed by atoms with E-state index in [1.165, 1.54) is 12.1 Å². The Bertz CT molecular complexity index is 406. The van der Waals surface area contributed by atoms with Crippen LogP contribution < -0.4 is 5.32 Å². The van der Waals surface area contributed by atoms with Crippen LogP contribution in [-0.4, -0.2) is 23.8 Å². The fraction of sp³-hybridized carbons (Fsp3) is 0.222. The number of rotatable bonds is 3. The van der Waals surface area contributed by atoms with Gasteiger partial charge in [0, 0.05) is 0 Å². The molecule has 0 aliphatic rings. The zero-order chi connectivity index (χ0) is 12.3. The molecule has 88 valence electrons. The summed E-state index contributed by atoms with van der Waals surface area (Å²) < 4.78 is 35.6. The van der Waals surface area contributed by atoms with Gasteiger partial charge in [0.25, 0.3) is 0 Å². The molecule has 0 bridgehead atoms. The third kappa shape index (κ3) is 3.62. The summed E-state index contributed by atoms with van der Waals surface area (Å²) in [6.45, 7) is -1.22. The molecular weight excluding hydrogens is 247 g/mol. The van der Waals surface area contributed by atoms with Crippen molar-refractivity contribution in [1.29, 1.82) is 0 Å². The van der Waals surface area contributed by atoms with Crippen LogP contribution in [0, 0.1) is 0 Å².